The fourth-order valence-electron chi connectivity index (χ4n) is 0. The van der Waals surface area contributed by atoms with Crippen molar-refractivity contribution in [3.8, 4) is 0 Å². The van der Waals surface area contributed by atoms with E-state index in [0.717, 1.165) is 20.6 Å². The summed E-state index contributed by atoms with van der Waals surface area (Å²) in [5.41, 5.74) is 0. The molecule has 0 nitrogen and oxygen atoms in total. The van der Waals surface area contributed by atoms with E-state index < -0.39 is 0 Å². The summed E-state index contributed by atoms with van der Waals surface area (Å²) in [6, 6.07) is 0. The van der Waals surface area contributed by atoms with Crippen molar-refractivity contribution in [2.24, 2.45) is 0 Å². The number of hydrogen-bond donors (Lipinski definition) is 0. The zero-order chi connectivity index (χ0) is 2.00. The van der Waals surface area contributed by atoms with Gasteiger partial charge >= 0.3 is 29.9 Å². The molecule has 0 fully saturated rings. The van der Waals surface area contributed by atoms with Crippen molar-refractivity contribution in [2.75, 3.05) is 0 Å². The summed E-state index contributed by atoms with van der Waals surface area (Å²) in [6.07, 6.45) is 0. The van der Waals surface area contributed by atoms with Crippen molar-refractivity contribution in [1.82, 2.24) is 0 Å². The Labute approximate surface area is 97.5 Å². The first kappa shape index (κ1) is 15.7. The van der Waals surface area contributed by atoms with Gasteiger partial charge in [0.05, 0.1) is 0 Å². The molecule has 0 saturated carbocycles. The molecule has 23 valence electrons. The van der Waals surface area contributed by atoms with Crippen LogP contribution in [-0.2, 0) is 21.1 Å². The molecule has 0 aromatic rings. The quantitative estimate of drug-likeness (QED) is 0.528. The van der Waals surface area contributed by atoms with Crippen LogP contribution in [0.5, 0.6) is 0 Å². The van der Waals surface area contributed by atoms with Crippen LogP contribution in [0.4, 0.5) is 0 Å². The minimum atomic E-state index is 0. The fourth-order valence-corrected chi connectivity index (χ4v) is 0. The summed E-state index contributed by atoms with van der Waals surface area (Å²) in [4.78, 5) is 0. The minimum absolute atomic E-state index is 0. The SMILES string of the molecule is [Eu].[Mo].[S]=[Sn]. The van der Waals surface area contributed by atoms with Crippen LogP contribution < -0.4 is 0 Å². The summed E-state index contributed by atoms with van der Waals surface area (Å²) in [5.74, 6) is 0. The Morgan fingerprint density at radius 3 is 1.25 bits per heavy atom. The number of rotatable bonds is 0. The van der Waals surface area contributed by atoms with Crippen LogP contribution in [0.25, 0.3) is 0 Å². The molecule has 0 bridgehead atoms. The summed E-state index contributed by atoms with van der Waals surface area (Å²) in [5, 5.41) is 0. The van der Waals surface area contributed by atoms with Crippen molar-refractivity contribution in [3.63, 3.8) is 0 Å². The maximum atomic E-state index is 4.17. The van der Waals surface area contributed by atoms with E-state index in [2.05, 4.69) is 9.29 Å². The topological polar surface area (TPSA) is 0 Å². The van der Waals surface area contributed by atoms with Crippen LogP contribution in [0.3, 0.4) is 0 Å². The van der Waals surface area contributed by atoms with Crippen molar-refractivity contribution in [2.45, 2.75) is 0 Å². The van der Waals surface area contributed by atoms with E-state index in [1.807, 2.05) is 0 Å². The molecule has 0 aliphatic carbocycles. The third-order valence-corrected chi connectivity index (χ3v) is 0. The van der Waals surface area contributed by atoms with Gasteiger partial charge in [-0.25, -0.2) is 0 Å². The van der Waals surface area contributed by atoms with Crippen LogP contribution in [-0.4, -0.2) is 20.6 Å². The molecule has 0 spiro atoms. The Kier molecular flexibility index (Phi) is 63.7. The van der Waals surface area contributed by atoms with E-state index in [1.165, 1.54) is 0 Å². The van der Waals surface area contributed by atoms with Gasteiger partial charge in [-0.15, -0.1) is 0 Å². The summed E-state index contributed by atoms with van der Waals surface area (Å²) in [7, 11) is 4.17. The van der Waals surface area contributed by atoms with Gasteiger partial charge in [0.2, 0.25) is 0 Å². The molecular weight excluding hydrogens is 399 g/mol. The van der Waals surface area contributed by atoms with E-state index >= 15 is 0 Å². The second kappa shape index (κ2) is 16.3. The zero-order valence-corrected chi connectivity index (χ0v) is 9.80. The molecule has 0 saturated heterocycles. The molecule has 4 heteroatoms. The van der Waals surface area contributed by atoms with Crippen LogP contribution in [0.1, 0.15) is 0 Å². The average molecular weight is 399 g/mol. The van der Waals surface area contributed by atoms with Crippen molar-refractivity contribution in [3.05, 3.63) is 0 Å². The molecule has 0 heterocycles. The van der Waals surface area contributed by atoms with E-state index in [-0.39, 0.29) is 70.4 Å². The first-order chi connectivity index (χ1) is 1.00. The molecule has 4 heavy (non-hydrogen) atoms. The third kappa shape index (κ3) is 9.00. The fraction of sp³-hybridized carbons (Fsp3) is 0. The average Bonchev–Trinajstić information content (AvgIpc) is 1.00. The molecule has 0 unspecified atom stereocenters. The van der Waals surface area contributed by atoms with Crippen molar-refractivity contribution >= 4 is 29.9 Å². The van der Waals surface area contributed by atoms with Gasteiger partial charge in [-0.1, -0.05) is 0 Å². The Morgan fingerprint density at radius 1 is 1.25 bits per heavy atom. The third-order valence-electron chi connectivity index (χ3n) is 0. The van der Waals surface area contributed by atoms with Crippen LogP contribution in [0.2, 0.25) is 0 Å². The van der Waals surface area contributed by atoms with Gasteiger partial charge in [0, 0.05) is 70.4 Å². The Hall–Kier alpha value is 3.29. The van der Waals surface area contributed by atoms with E-state index in [9.17, 15) is 0 Å². The van der Waals surface area contributed by atoms with Crippen molar-refractivity contribution in [1.29, 1.82) is 0 Å². The maximum absolute atomic E-state index is 4.17. The molecule has 0 aliphatic heterocycles. The van der Waals surface area contributed by atoms with Gasteiger partial charge in [-0.05, 0) is 0 Å². The predicted molar refractivity (Wildman–Crippen MR) is 13.3 cm³/mol. The molecule has 0 rings (SSSR count). The molecule has 0 N–H and O–H groups in total. The van der Waals surface area contributed by atoms with Crippen LogP contribution in [0, 0.1) is 49.4 Å². The Morgan fingerprint density at radius 2 is 1.25 bits per heavy atom. The Balaban J connectivity index is -0.00000000500. The van der Waals surface area contributed by atoms with Crippen LogP contribution in [0.15, 0.2) is 0 Å². The first-order valence-electron chi connectivity index (χ1n) is 0.204. The van der Waals surface area contributed by atoms with Gasteiger partial charge in [-0.2, -0.15) is 0 Å². The standard InChI is InChI=1S/Eu.Mo.S.Sn. The van der Waals surface area contributed by atoms with Crippen LogP contribution >= 0.6 is 9.29 Å². The summed E-state index contributed by atoms with van der Waals surface area (Å²) < 4.78 is 0. The molecular formula is EuMoSSn. The van der Waals surface area contributed by atoms with E-state index in [0.29, 0.717) is 0 Å². The van der Waals surface area contributed by atoms with Gasteiger partial charge < -0.3 is 0 Å². The molecule has 0 amide bonds. The second-order valence-electron chi connectivity index (χ2n) is 0. The van der Waals surface area contributed by atoms with Gasteiger partial charge in [0.1, 0.15) is 0 Å². The molecule has 3 radical (unpaired) electrons. The van der Waals surface area contributed by atoms with Gasteiger partial charge in [0.15, 0.2) is 0 Å². The Bertz CT molecular complexity index is 8.00. The monoisotopic (exact) mass is 403 g/mol. The zero-order valence-electron chi connectivity index (χ0n) is 1.69. The molecule has 0 aliphatic rings. The summed E-state index contributed by atoms with van der Waals surface area (Å²) >= 11 is 1.13. The normalized spacial score (nSPS) is 1.00. The molecule has 0 atom stereocenters. The molecule has 0 aromatic carbocycles. The van der Waals surface area contributed by atoms with Gasteiger partial charge in [-0.3, -0.25) is 0 Å². The van der Waals surface area contributed by atoms with Gasteiger partial charge in [0.25, 0.3) is 0 Å². The second-order valence-corrected chi connectivity index (χ2v) is 0. The van der Waals surface area contributed by atoms with E-state index in [1.54, 1.807) is 0 Å². The van der Waals surface area contributed by atoms with Crippen molar-refractivity contribution < 1.29 is 70.4 Å². The summed E-state index contributed by atoms with van der Waals surface area (Å²) in [6.45, 7) is 0. The predicted octanol–water partition coefficient (Wildman–Crippen LogP) is 0.265. The number of hydrogen-bond acceptors (Lipinski definition) is 1. The van der Waals surface area contributed by atoms with E-state index in [4.69, 9.17) is 0 Å². The first-order valence-corrected chi connectivity index (χ1v) is 4.11. The molecule has 0 aromatic heterocycles.